The highest BCUT2D eigenvalue weighted by atomic mass is 16.5. The topological polar surface area (TPSA) is 101 Å². The zero-order valence-corrected chi connectivity index (χ0v) is 6.07. The summed E-state index contributed by atoms with van der Waals surface area (Å²) in [7, 11) is 0. The van der Waals surface area contributed by atoms with E-state index in [4.69, 9.17) is 16.4 Å². The molecule has 1 aromatic heterocycles. The van der Waals surface area contributed by atoms with E-state index >= 15 is 0 Å². The third kappa shape index (κ3) is 1.28. The Morgan fingerprint density at radius 2 is 2.27 bits per heavy atom. The second kappa shape index (κ2) is 2.57. The zero-order chi connectivity index (χ0) is 8.43. The monoisotopic (exact) mass is 155 g/mol. The first-order valence-corrected chi connectivity index (χ1v) is 3.14. The standard InChI is InChI=1S/C5H9N5O/c1-2-3-8-4(6)10(11)5(7)9-3/h11H,2H2,1H3,(H3,6,7,8,9). The van der Waals surface area contributed by atoms with Crippen LogP contribution in [0.4, 0.5) is 5.95 Å². The van der Waals surface area contributed by atoms with Crippen molar-refractivity contribution in [2.75, 3.05) is 5.73 Å². The van der Waals surface area contributed by atoms with E-state index in [-0.39, 0.29) is 11.6 Å². The first-order valence-electron chi connectivity index (χ1n) is 3.14. The maximum atomic E-state index is 8.91. The van der Waals surface area contributed by atoms with Crippen molar-refractivity contribution in [2.45, 2.75) is 13.3 Å². The summed E-state index contributed by atoms with van der Waals surface area (Å²) in [6.07, 6.45) is 0.594. The Balaban J connectivity index is 3.32. The average molecular weight is 155 g/mol. The molecule has 1 aromatic rings. The van der Waals surface area contributed by atoms with E-state index in [0.717, 1.165) is 0 Å². The second-order valence-corrected chi connectivity index (χ2v) is 1.99. The minimum Gasteiger partial charge on any atom is -0.422 e. The fourth-order valence-corrected chi connectivity index (χ4v) is 0.641. The molecular formula is C5H9N5O. The minimum atomic E-state index is -0.297. The normalized spacial score (nSPS) is 9.91. The lowest BCUT2D eigenvalue weighted by Crippen LogP contribution is -2.26. The van der Waals surface area contributed by atoms with Gasteiger partial charge < -0.3 is 10.9 Å². The number of anilines is 1. The van der Waals surface area contributed by atoms with Gasteiger partial charge in [0.15, 0.2) is 0 Å². The van der Waals surface area contributed by atoms with Crippen LogP contribution in [-0.2, 0) is 6.42 Å². The number of rotatable bonds is 1. The van der Waals surface area contributed by atoms with Crippen LogP contribution >= 0.6 is 0 Å². The molecule has 0 spiro atoms. The van der Waals surface area contributed by atoms with Crippen molar-refractivity contribution in [1.82, 2.24) is 14.7 Å². The van der Waals surface area contributed by atoms with E-state index < -0.39 is 0 Å². The van der Waals surface area contributed by atoms with E-state index in [1.807, 2.05) is 6.92 Å². The molecule has 0 aliphatic rings. The number of hydrogen-bond donors (Lipinski definition) is 3. The van der Waals surface area contributed by atoms with Gasteiger partial charge in [0.1, 0.15) is 5.82 Å². The molecule has 0 radical (unpaired) electrons. The third-order valence-electron chi connectivity index (χ3n) is 1.21. The smallest absolute Gasteiger partial charge is 0.261 e. The molecule has 1 rings (SSSR count). The van der Waals surface area contributed by atoms with Crippen LogP contribution in [0, 0.1) is 5.41 Å². The first-order chi connectivity index (χ1) is 5.15. The molecule has 0 aromatic carbocycles. The molecule has 11 heavy (non-hydrogen) atoms. The van der Waals surface area contributed by atoms with Crippen molar-refractivity contribution in [1.29, 1.82) is 5.41 Å². The Kier molecular flexibility index (Phi) is 1.75. The van der Waals surface area contributed by atoms with Crippen molar-refractivity contribution >= 4 is 5.95 Å². The van der Waals surface area contributed by atoms with Gasteiger partial charge in [0.25, 0.3) is 5.62 Å². The van der Waals surface area contributed by atoms with E-state index in [0.29, 0.717) is 17.0 Å². The maximum absolute atomic E-state index is 8.91. The highest BCUT2D eigenvalue weighted by molar-refractivity contribution is 5.13. The summed E-state index contributed by atoms with van der Waals surface area (Å²) in [5.41, 5.74) is 4.94. The van der Waals surface area contributed by atoms with Gasteiger partial charge in [-0.3, -0.25) is 5.41 Å². The molecule has 0 atom stereocenters. The van der Waals surface area contributed by atoms with Crippen LogP contribution in [0.3, 0.4) is 0 Å². The predicted molar refractivity (Wildman–Crippen MR) is 36.9 cm³/mol. The van der Waals surface area contributed by atoms with Crippen molar-refractivity contribution in [2.24, 2.45) is 0 Å². The number of hydrogen-bond acceptors (Lipinski definition) is 5. The van der Waals surface area contributed by atoms with Crippen molar-refractivity contribution in [3.8, 4) is 0 Å². The molecule has 60 valence electrons. The maximum Gasteiger partial charge on any atom is 0.261 e. The highest BCUT2D eigenvalue weighted by Crippen LogP contribution is 1.91. The number of aryl methyl sites for hydroxylation is 1. The molecule has 0 aliphatic carbocycles. The van der Waals surface area contributed by atoms with Crippen molar-refractivity contribution in [3.05, 3.63) is 11.4 Å². The van der Waals surface area contributed by atoms with Gasteiger partial charge in [-0.15, -0.1) is 4.73 Å². The lowest BCUT2D eigenvalue weighted by Gasteiger charge is -2.01. The molecule has 0 bridgehead atoms. The lowest BCUT2D eigenvalue weighted by molar-refractivity contribution is 0.167. The SMILES string of the molecule is CCc1nc(N)n(O)c(=N)n1. The highest BCUT2D eigenvalue weighted by Gasteiger charge is 2.00. The zero-order valence-electron chi connectivity index (χ0n) is 6.07. The first kappa shape index (κ1) is 7.52. The number of nitrogen functional groups attached to an aromatic ring is 1. The largest absolute Gasteiger partial charge is 0.422 e. The van der Waals surface area contributed by atoms with Gasteiger partial charge in [0, 0.05) is 6.42 Å². The molecule has 0 amide bonds. The number of nitrogens with two attached hydrogens (primary N) is 1. The summed E-state index contributed by atoms with van der Waals surface area (Å²) < 4.78 is 0.430. The van der Waals surface area contributed by atoms with Crippen molar-refractivity contribution in [3.63, 3.8) is 0 Å². The van der Waals surface area contributed by atoms with E-state index in [2.05, 4.69) is 9.97 Å². The van der Waals surface area contributed by atoms with Gasteiger partial charge in [0.05, 0.1) is 0 Å². The average Bonchev–Trinajstić information content (AvgIpc) is 1.99. The Morgan fingerprint density at radius 1 is 1.64 bits per heavy atom. The molecule has 0 fully saturated rings. The Labute approximate surface area is 62.8 Å². The number of aromatic nitrogens is 3. The van der Waals surface area contributed by atoms with Gasteiger partial charge in [0.2, 0.25) is 5.95 Å². The number of nitrogens with zero attached hydrogens (tertiary/aromatic N) is 3. The molecule has 6 nitrogen and oxygen atoms in total. The van der Waals surface area contributed by atoms with Gasteiger partial charge in [-0.1, -0.05) is 6.92 Å². The van der Waals surface area contributed by atoms with E-state index in [1.165, 1.54) is 0 Å². The van der Waals surface area contributed by atoms with E-state index in [9.17, 15) is 0 Å². The third-order valence-corrected chi connectivity index (χ3v) is 1.21. The van der Waals surface area contributed by atoms with Crippen LogP contribution in [0.25, 0.3) is 0 Å². The molecule has 0 unspecified atom stereocenters. The fraction of sp³-hybridized carbons (Fsp3) is 0.400. The van der Waals surface area contributed by atoms with E-state index in [1.54, 1.807) is 0 Å². The van der Waals surface area contributed by atoms with Gasteiger partial charge in [-0.25, -0.2) is 0 Å². The summed E-state index contributed by atoms with van der Waals surface area (Å²) >= 11 is 0. The molecule has 0 saturated carbocycles. The molecule has 4 N–H and O–H groups in total. The quantitative estimate of drug-likeness (QED) is 0.459. The van der Waals surface area contributed by atoms with Crippen LogP contribution in [0.2, 0.25) is 0 Å². The summed E-state index contributed by atoms with van der Waals surface area (Å²) in [5, 5.41) is 16.0. The molecule has 6 heteroatoms. The molecule has 0 saturated heterocycles. The van der Waals surface area contributed by atoms with Crippen LogP contribution in [0.15, 0.2) is 0 Å². The predicted octanol–water partition coefficient (Wildman–Crippen LogP) is -0.861. The molecule has 0 aliphatic heterocycles. The Morgan fingerprint density at radius 3 is 2.73 bits per heavy atom. The van der Waals surface area contributed by atoms with Crippen LogP contribution in [0.1, 0.15) is 12.7 Å². The van der Waals surface area contributed by atoms with Crippen LogP contribution in [0.5, 0.6) is 0 Å². The van der Waals surface area contributed by atoms with Gasteiger partial charge in [-0.05, 0) is 0 Å². The van der Waals surface area contributed by atoms with Crippen molar-refractivity contribution < 1.29 is 5.21 Å². The summed E-state index contributed by atoms with van der Waals surface area (Å²) in [6.45, 7) is 1.84. The minimum absolute atomic E-state index is 0.109. The summed E-state index contributed by atoms with van der Waals surface area (Å²) in [4.78, 5) is 7.35. The number of nitrogens with one attached hydrogen (secondary N) is 1. The second-order valence-electron chi connectivity index (χ2n) is 1.99. The lowest BCUT2D eigenvalue weighted by atomic mass is 10.5. The fourth-order valence-electron chi connectivity index (χ4n) is 0.641. The van der Waals surface area contributed by atoms with Gasteiger partial charge >= 0.3 is 0 Å². The molecular weight excluding hydrogens is 146 g/mol. The van der Waals surface area contributed by atoms with Gasteiger partial charge in [-0.2, -0.15) is 9.97 Å². The van der Waals surface area contributed by atoms with Crippen LogP contribution < -0.4 is 11.4 Å². The molecule has 1 heterocycles. The summed E-state index contributed by atoms with van der Waals surface area (Å²) in [6, 6.07) is 0. The van der Waals surface area contributed by atoms with Crippen LogP contribution in [-0.4, -0.2) is 19.9 Å². The summed E-state index contributed by atoms with van der Waals surface area (Å²) in [5.74, 6) is 0.347. The Bertz CT molecular complexity index is 317. The Hall–Kier alpha value is -1.59.